The van der Waals surface area contributed by atoms with Gasteiger partial charge < -0.3 is 10.0 Å². The minimum atomic E-state index is -0.790. The van der Waals surface area contributed by atoms with Crippen LogP contribution in [-0.4, -0.2) is 35.0 Å². The van der Waals surface area contributed by atoms with Crippen LogP contribution in [0.15, 0.2) is 24.3 Å². The Morgan fingerprint density at radius 1 is 1.19 bits per heavy atom. The molecule has 1 unspecified atom stereocenters. The minimum Gasteiger partial charge on any atom is -0.481 e. The first kappa shape index (κ1) is 15.5. The Bertz CT molecular complexity index is 536. The number of hydrogen-bond acceptors (Lipinski definition) is 2. The van der Waals surface area contributed by atoms with Crippen molar-refractivity contribution in [2.75, 3.05) is 13.1 Å². The van der Waals surface area contributed by atoms with Crippen molar-refractivity contribution in [1.29, 1.82) is 0 Å². The van der Waals surface area contributed by atoms with Crippen molar-refractivity contribution < 1.29 is 14.7 Å². The summed E-state index contributed by atoms with van der Waals surface area (Å²) in [5, 5.41) is 8.96. The van der Waals surface area contributed by atoms with E-state index in [9.17, 15) is 9.59 Å². The van der Waals surface area contributed by atoms with Gasteiger partial charge in [0.2, 0.25) is 0 Å². The van der Waals surface area contributed by atoms with Crippen LogP contribution in [0.1, 0.15) is 43.6 Å². The molecular formula is C17H23NO3. The second kappa shape index (κ2) is 5.51. The zero-order valence-corrected chi connectivity index (χ0v) is 13.1. The van der Waals surface area contributed by atoms with E-state index in [4.69, 9.17) is 5.11 Å². The predicted octanol–water partition coefficient (Wildman–Crippen LogP) is 2.78. The van der Waals surface area contributed by atoms with Gasteiger partial charge in [-0.1, -0.05) is 39.8 Å². The molecule has 1 aliphatic rings. The molecule has 1 fully saturated rings. The van der Waals surface area contributed by atoms with Gasteiger partial charge in [0.05, 0.1) is 5.92 Å². The number of nitrogens with zero attached hydrogens (tertiary/aromatic N) is 1. The van der Waals surface area contributed by atoms with Crippen LogP contribution in [-0.2, 0) is 10.2 Å². The molecule has 1 aromatic carbocycles. The van der Waals surface area contributed by atoms with E-state index in [2.05, 4.69) is 20.8 Å². The monoisotopic (exact) mass is 289 g/mol. The fourth-order valence-electron chi connectivity index (χ4n) is 2.49. The average molecular weight is 289 g/mol. The first-order valence-electron chi connectivity index (χ1n) is 7.33. The lowest BCUT2D eigenvalue weighted by Crippen LogP contribution is -2.53. The van der Waals surface area contributed by atoms with E-state index in [0.717, 1.165) is 0 Å². The van der Waals surface area contributed by atoms with Crippen molar-refractivity contribution in [1.82, 2.24) is 4.90 Å². The highest BCUT2D eigenvalue weighted by Gasteiger charge is 2.37. The zero-order chi connectivity index (χ0) is 15.8. The summed E-state index contributed by atoms with van der Waals surface area (Å²) in [6, 6.07) is 7.70. The first-order valence-corrected chi connectivity index (χ1v) is 7.33. The number of aliphatic carboxylic acids is 1. The lowest BCUT2D eigenvalue weighted by Gasteiger charge is -2.41. The van der Waals surface area contributed by atoms with E-state index < -0.39 is 11.9 Å². The standard InChI is InChI=1S/C17H23NO3/c1-11(16(20)21)13-9-18(10-13)15(19)12-5-7-14(8-6-12)17(2,3)4/h5-8,11,13H,9-10H2,1-4H3,(H,20,21). The molecule has 1 amide bonds. The van der Waals surface area contributed by atoms with Crippen LogP contribution in [0.25, 0.3) is 0 Å². The van der Waals surface area contributed by atoms with E-state index in [0.29, 0.717) is 18.7 Å². The number of benzene rings is 1. The molecule has 4 heteroatoms. The first-order chi connectivity index (χ1) is 9.70. The topological polar surface area (TPSA) is 57.6 Å². The van der Waals surface area contributed by atoms with E-state index in [1.54, 1.807) is 11.8 Å². The van der Waals surface area contributed by atoms with Crippen molar-refractivity contribution in [2.24, 2.45) is 11.8 Å². The Balaban J connectivity index is 1.98. The minimum absolute atomic E-state index is 0.00991. The Labute approximate surface area is 125 Å². The summed E-state index contributed by atoms with van der Waals surface area (Å²) in [6.07, 6.45) is 0. The van der Waals surface area contributed by atoms with Gasteiger partial charge in [0.25, 0.3) is 5.91 Å². The van der Waals surface area contributed by atoms with Crippen LogP contribution < -0.4 is 0 Å². The van der Waals surface area contributed by atoms with Crippen LogP contribution in [0.3, 0.4) is 0 Å². The van der Waals surface area contributed by atoms with Crippen LogP contribution in [0.2, 0.25) is 0 Å². The molecule has 1 saturated heterocycles. The van der Waals surface area contributed by atoms with Gasteiger partial charge in [-0.15, -0.1) is 0 Å². The van der Waals surface area contributed by atoms with Gasteiger partial charge in [0, 0.05) is 24.6 Å². The summed E-state index contributed by atoms with van der Waals surface area (Å²) >= 11 is 0. The predicted molar refractivity (Wildman–Crippen MR) is 81.3 cm³/mol. The quantitative estimate of drug-likeness (QED) is 0.931. The van der Waals surface area contributed by atoms with Gasteiger partial charge in [0.15, 0.2) is 0 Å². The van der Waals surface area contributed by atoms with Gasteiger partial charge in [-0.2, -0.15) is 0 Å². The second-order valence-corrected chi connectivity index (χ2v) is 6.92. The number of amides is 1. The molecule has 1 aromatic rings. The maximum absolute atomic E-state index is 12.3. The SMILES string of the molecule is CC(C(=O)O)C1CN(C(=O)c2ccc(C(C)(C)C)cc2)C1. The molecule has 0 bridgehead atoms. The summed E-state index contributed by atoms with van der Waals surface area (Å²) in [4.78, 5) is 24.9. The molecule has 0 aromatic heterocycles. The zero-order valence-electron chi connectivity index (χ0n) is 13.1. The fourth-order valence-corrected chi connectivity index (χ4v) is 2.49. The van der Waals surface area contributed by atoms with Crippen molar-refractivity contribution in [3.8, 4) is 0 Å². The van der Waals surface area contributed by atoms with Crippen LogP contribution in [0.4, 0.5) is 0 Å². The number of carboxylic acids is 1. The Hall–Kier alpha value is -1.84. The van der Waals surface area contributed by atoms with Gasteiger partial charge in [0.1, 0.15) is 0 Å². The largest absolute Gasteiger partial charge is 0.481 e. The highest BCUT2D eigenvalue weighted by Crippen LogP contribution is 2.27. The summed E-state index contributed by atoms with van der Waals surface area (Å²) in [5.41, 5.74) is 1.94. The molecule has 0 spiro atoms. The Morgan fingerprint density at radius 3 is 2.14 bits per heavy atom. The molecule has 0 saturated carbocycles. The third-order valence-electron chi connectivity index (χ3n) is 4.29. The second-order valence-electron chi connectivity index (χ2n) is 6.92. The Kier molecular flexibility index (Phi) is 4.08. The third-order valence-corrected chi connectivity index (χ3v) is 4.29. The number of carboxylic acid groups (broad SMARTS) is 1. The van der Waals surface area contributed by atoms with Gasteiger partial charge in [-0.25, -0.2) is 0 Å². The number of rotatable bonds is 3. The third kappa shape index (κ3) is 3.26. The summed E-state index contributed by atoms with van der Waals surface area (Å²) in [5.74, 6) is -1.12. The number of likely N-dealkylation sites (tertiary alicyclic amines) is 1. The van der Waals surface area contributed by atoms with E-state index in [1.807, 2.05) is 24.3 Å². The van der Waals surface area contributed by atoms with Gasteiger partial charge in [-0.3, -0.25) is 9.59 Å². The lowest BCUT2D eigenvalue weighted by atomic mass is 9.85. The maximum atomic E-state index is 12.3. The Morgan fingerprint density at radius 2 is 1.71 bits per heavy atom. The van der Waals surface area contributed by atoms with E-state index >= 15 is 0 Å². The van der Waals surface area contributed by atoms with Crippen LogP contribution in [0, 0.1) is 11.8 Å². The highest BCUT2D eigenvalue weighted by molar-refractivity contribution is 5.94. The molecular weight excluding hydrogens is 266 g/mol. The maximum Gasteiger partial charge on any atom is 0.306 e. The molecule has 4 nitrogen and oxygen atoms in total. The molecule has 2 rings (SSSR count). The molecule has 0 radical (unpaired) electrons. The van der Waals surface area contributed by atoms with E-state index in [-0.39, 0.29) is 17.2 Å². The average Bonchev–Trinajstić information content (AvgIpc) is 2.35. The number of carbonyl (C=O) groups is 2. The van der Waals surface area contributed by atoms with Crippen molar-refractivity contribution in [3.63, 3.8) is 0 Å². The molecule has 1 N–H and O–H groups in total. The fraction of sp³-hybridized carbons (Fsp3) is 0.529. The van der Waals surface area contributed by atoms with Crippen molar-refractivity contribution in [3.05, 3.63) is 35.4 Å². The number of carbonyl (C=O) groups excluding carboxylic acids is 1. The normalized spacial score (nSPS) is 17.2. The molecule has 114 valence electrons. The summed E-state index contributed by atoms with van der Waals surface area (Å²) in [6.45, 7) is 9.18. The molecule has 0 aliphatic carbocycles. The lowest BCUT2D eigenvalue weighted by molar-refractivity contribution is -0.144. The van der Waals surface area contributed by atoms with Crippen molar-refractivity contribution >= 4 is 11.9 Å². The molecule has 1 aliphatic heterocycles. The molecule has 1 atom stereocenters. The van der Waals surface area contributed by atoms with Gasteiger partial charge in [-0.05, 0) is 23.1 Å². The molecule has 21 heavy (non-hydrogen) atoms. The van der Waals surface area contributed by atoms with Crippen LogP contribution in [0.5, 0.6) is 0 Å². The summed E-state index contributed by atoms with van der Waals surface area (Å²) in [7, 11) is 0. The number of hydrogen-bond donors (Lipinski definition) is 1. The van der Waals surface area contributed by atoms with Gasteiger partial charge >= 0.3 is 5.97 Å². The van der Waals surface area contributed by atoms with Crippen molar-refractivity contribution in [2.45, 2.75) is 33.1 Å². The molecule has 1 heterocycles. The highest BCUT2D eigenvalue weighted by atomic mass is 16.4. The smallest absolute Gasteiger partial charge is 0.306 e. The summed E-state index contributed by atoms with van der Waals surface area (Å²) < 4.78 is 0. The van der Waals surface area contributed by atoms with E-state index in [1.165, 1.54) is 5.56 Å². The van der Waals surface area contributed by atoms with Crippen LogP contribution >= 0.6 is 0 Å².